The molecule has 1 heterocycles. The highest BCUT2D eigenvalue weighted by molar-refractivity contribution is 7.89. The predicted molar refractivity (Wildman–Crippen MR) is 100 cm³/mol. The fourth-order valence-electron chi connectivity index (χ4n) is 2.91. The van der Waals surface area contributed by atoms with Crippen LogP contribution in [0.1, 0.15) is 38.2 Å². The molecule has 0 saturated heterocycles. The zero-order valence-corrected chi connectivity index (χ0v) is 15.5. The molecule has 1 aromatic carbocycles. The summed E-state index contributed by atoms with van der Waals surface area (Å²) in [4.78, 5) is 0.362. The summed E-state index contributed by atoms with van der Waals surface area (Å²) >= 11 is 0. The van der Waals surface area contributed by atoms with Gasteiger partial charge in [0, 0.05) is 12.6 Å². The van der Waals surface area contributed by atoms with E-state index in [1.165, 1.54) is 0 Å². The molecular weight excluding hydrogens is 318 g/mol. The van der Waals surface area contributed by atoms with E-state index in [1.54, 1.807) is 16.4 Å². The Morgan fingerprint density at radius 3 is 2.54 bits per heavy atom. The van der Waals surface area contributed by atoms with Gasteiger partial charge in [-0.3, -0.25) is 0 Å². The van der Waals surface area contributed by atoms with Gasteiger partial charge < -0.3 is 0 Å². The summed E-state index contributed by atoms with van der Waals surface area (Å²) in [7, 11) is -3.49. The lowest BCUT2D eigenvalue weighted by Crippen LogP contribution is -2.36. The summed E-state index contributed by atoms with van der Waals surface area (Å²) in [6.07, 6.45) is 7.79. The Kier molecular flexibility index (Phi) is 6.19. The monoisotopic (exact) mass is 345 g/mol. The van der Waals surface area contributed by atoms with E-state index in [0.717, 1.165) is 42.4 Å². The molecule has 4 heteroatoms. The maximum Gasteiger partial charge on any atom is 0.243 e. The molecule has 0 aromatic heterocycles. The van der Waals surface area contributed by atoms with Gasteiger partial charge in [-0.2, -0.15) is 4.31 Å². The number of rotatable bonds is 8. The molecule has 2 rings (SSSR count). The van der Waals surface area contributed by atoms with Crippen LogP contribution >= 0.6 is 0 Å². The van der Waals surface area contributed by atoms with Crippen LogP contribution in [0.15, 0.2) is 65.6 Å². The first-order valence-corrected chi connectivity index (χ1v) is 9.86. The third kappa shape index (κ3) is 4.25. The van der Waals surface area contributed by atoms with E-state index in [1.807, 2.05) is 32.1 Å². The Hall–Kier alpha value is -1.65. The van der Waals surface area contributed by atoms with Gasteiger partial charge in [0.05, 0.1) is 4.90 Å². The molecule has 0 aliphatic carbocycles. The van der Waals surface area contributed by atoms with Crippen molar-refractivity contribution in [3.8, 4) is 0 Å². The Morgan fingerprint density at radius 1 is 1.29 bits per heavy atom. The van der Waals surface area contributed by atoms with E-state index in [9.17, 15) is 8.42 Å². The molecular formula is C20H27NO2S. The number of aryl methyl sites for hydroxylation is 1. The summed E-state index contributed by atoms with van der Waals surface area (Å²) in [5.41, 5.74) is 3.02. The van der Waals surface area contributed by atoms with Crippen molar-refractivity contribution in [2.45, 2.75) is 50.5 Å². The second-order valence-electron chi connectivity index (χ2n) is 6.48. The van der Waals surface area contributed by atoms with E-state index in [2.05, 4.69) is 19.2 Å². The van der Waals surface area contributed by atoms with E-state index >= 15 is 0 Å². The quantitative estimate of drug-likeness (QED) is 0.509. The SMILES string of the molecule is C=CCCCCC1C=C(C(=C)C)CN1S(=O)(=O)c1ccc(C)cc1. The van der Waals surface area contributed by atoms with Crippen molar-refractivity contribution < 1.29 is 8.42 Å². The third-order valence-electron chi connectivity index (χ3n) is 4.42. The van der Waals surface area contributed by atoms with Gasteiger partial charge in [0.15, 0.2) is 0 Å². The summed E-state index contributed by atoms with van der Waals surface area (Å²) in [6.45, 7) is 12.0. The van der Waals surface area contributed by atoms with Crippen molar-refractivity contribution >= 4 is 10.0 Å². The normalized spacial score (nSPS) is 18.4. The van der Waals surface area contributed by atoms with Gasteiger partial charge >= 0.3 is 0 Å². The molecule has 1 unspecified atom stereocenters. The molecule has 1 atom stereocenters. The van der Waals surface area contributed by atoms with Crippen LogP contribution in [0.25, 0.3) is 0 Å². The van der Waals surface area contributed by atoms with Crippen molar-refractivity contribution in [3.63, 3.8) is 0 Å². The molecule has 0 spiro atoms. The van der Waals surface area contributed by atoms with E-state index in [4.69, 9.17) is 0 Å². The lowest BCUT2D eigenvalue weighted by atomic mass is 10.1. The van der Waals surface area contributed by atoms with Gasteiger partial charge in [-0.25, -0.2) is 8.42 Å². The number of hydrogen-bond acceptors (Lipinski definition) is 2. The number of hydrogen-bond donors (Lipinski definition) is 0. The highest BCUT2D eigenvalue weighted by atomic mass is 32.2. The third-order valence-corrected chi connectivity index (χ3v) is 6.31. The average molecular weight is 346 g/mol. The van der Waals surface area contributed by atoms with Gasteiger partial charge in [0.1, 0.15) is 0 Å². The first-order valence-electron chi connectivity index (χ1n) is 8.42. The van der Waals surface area contributed by atoms with Crippen LogP contribution < -0.4 is 0 Å². The molecule has 0 radical (unpaired) electrons. The van der Waals surface area contributed by atoms with Crippen LogP contribution in [0, 0.1) is 6.92 Å². The zero-order chi connectivity index (χ0) is 17.7. The van der Waals surface area contributed by atoms with Crippen LogP contribution in [0.5, 0.6) is 0 Å². The molecule has 1 aliphatic heterocycles. The van der Waals surface area contributed by atoms with Gasteiger partial charge in [-0.05, 0) is 50.8 Å². The molecule has 0 saturated carbocycles. The predicted octanol–water partition coefficient (Wildman–Crippen LogP) is 4.62. The van der Waals surface area contributed by atoms with Gasteiger partial charge in [0.25, 0.3) is 0 Å². The first-order chi connectivity index (χ1) is 11.4. The highest BCUT2D eigenvalue weighted by Gasteiger charge is 2.35. The number of allylic oxidation sites excluding steroid dienone is 1. The molecule has 0 N–H and O–H groups in total. The minimum atomic E-state index is -3.49. The maximum atomic E-state index is 13.1. The number of benzene rings is 1. The first kappa shape index (κ1) is 18.7. The van der Waals surface area contributed by atoms with E-state index < -0.39 is 10.0 Å². The van der Waals surface area contributed by atoms with Crippen LogP contribution in [-0.4, -0.2) is 25.3 Å². The van der Waals surface area contributed by atoms with Crippen molar-refractivity contribution in [2.24, 2.45) is 0 Å². The van der Waals surface area contributed by atoms with Crippen molar-refractivity contribution in [1.29, 1.82) is 0 Å². The highest BCUT2D eigenvalue weighted by Crippen LogP contribution is 2.30. The summed E-state index contributed by atoms with van der Waals surface area (Å²) < 4.78 is 27.7. The average Bonchev–Trinajstić information content (AvgIpc) is 2.97. The number of sulfonamides is 1. The van der Waals surface area contributed by atoms with Gasteiger partial charge in [-0.1, -0.05) is 48.4 Å². The minimum absolute atomic E-state index is 0.0900. The van der Waals surface area contributed by atoms with E-state index in [-0.39, 0.29) is 6.04 Å². The minimum Gasteiger partial charge on any atom is -0.207 e. The lowest BCUT2D eigenvalue weighted by Gasteiger charge is -2.24. The number of unbranched alkanes of at least 4 members (excludes halogenated alkanes) is 2. The molecule has 0 amide bonds. The Balaban J connectivity index is 2.23. The Bertz CT molecular complexity index is 729. The largest absolute Gasteiger partial charge is 0.243 e. The summed E-state index contributed by atoms with van der Waals surface area (Å²) in [6, 6.07) is 6.98. The van der Waals surface area contributed by atoms with Crippen LogP contribution in [0.2, 0.25) is 0 Å². The topological polar surface area (TPSA) is 37.4 Å². The van der Waals surface area contributed by atoms with Gasteiger partial charge in [0.2, 0.25) is 10.0 Å². The molecule has 0 bridgehead atoms. The zero-order valence-electron chi connectivity index (χ0n) is 14.7. The van der Waals surface area contributed by atoms with Crippen LogP contribution in [-0.2, 0) is 10.0 Å². The Labute approximate surface area is 146 Å². The maximum absolute atomic E-state index is 13.1. The number of nitrogens with zero attached hydrogens (tertiary/aromatic N) is 1. The standard InChI is InChI=1S/C20H27NO2S/c1-5-6-7-8-9-19-14-18(16(2)3)15-21(19)24(22,23)20-12-10-17(4)11-13-20/h5,10-14,19H,1-2,6-9,15H2,3-4H3. The second-order valence-corrected chi connectivity index (χ2v) is 8.37. The van der Waals surface area contributed by atoms with Crippen molar-refractivity contribution in [2.75, 3.05) is 6.54 Å². The second kappa shape index (κ2) is 7.95. The van der Waals surface area contributed by atoms with Crippen molar-refractivity contribution in [3.05, 3.63) is 66.3 Å². The van der Waals surface area contributed by atoms with Crippen LogP contribution in [0.3, 0.4) is 0 Å². The van der Waals surface area contributed by atoms with Crippen molar-refractivity contribution in [1.82, 2.24) is 4.31 Å². The fraction of sp³-hybridized carbons (Fsp3) is 0.400. The molecule has 130 valence electrons. The fourth-order valence-corrected chi connectivity index (χ4v) is 4.49. The smallest absolute Gasteiger partial charge is 0.207 e. The molecule has 0 fully saturated rings. The molecule has 3 nitrogen and oxygen atoms in total. The van der Waals surface area contributed by atoms with Crippen LogP contribution in [0.4, 0.5) is 0 Å². The summed E-state index contributed by atoms with van der Waals surface area (Å²) in [5, 5.41) is 0. The molecule has 24 heavy (non-hydrogen) atoms. The molecule has 1 aliphatic rings. The lowest BCUT2D eigenvalue weighted by molar-refractivity contribution is 0.384. The van der Waals surface area contributed by atoms with Gasteiger partial charge in [-0.15, -0.1) is 6.58 Å². The summed E-state index contributed by atoms with van der Waals surface area (Å²) in [5.74, 6) is 0. The molecule has 1 aromatic rings. The van der Waals surface area contributed by atoms with E-state index in [0.29, 0.717) is 11.4 Å². The Morgan fingerprint density at radius 2 is 1.96 bits per heavy atom.